The molecule has 0 radical (unpaired) electrons. The molecule has 0 saturated carbocycles. The number of carbonyl (C=O) groups is 1. The molecule has 28 heavy (non-hydrogen) atoms. The number of rotatable bonds is 7. The molecule has 0 bridgehead atoms. The summed E-state index contributed by atoms with van der Waals surface area (Å²) in [6.07, 6.45) is 0. The minimum atomic E-state index is -0.491. The van der Waals surface area contributed by atoms with E-state index in [1.807, 2.05) is 38.1 Å². The van der Waals surface area contributed by atoms with Crippen molar-refractivity contribution in [2.75, 3.05) is 17.7 Å². The summed E-state index contributed by atoms with van der Waals surface area (Å²) in [7, 11) is 0. The Morgan fingerprint density at radius 1 is 1.04 bits per heavy atom. The molecule has 3 aromatic rings. The number of benzene rings is 2. The van der Waals surface area contributed by atoms with Crippen molar-refractivity contribution in [2.24, 2.45) is 0 Å². The Morgan fingerprint density at radius 2 is 1.75 bits per heavy atom. The van der Waals surface area contributed by atoms with Gasteiger partial charge in [-0.1, -0.05) is 17.7 Å². The molecule has 0 amide bonds. The van der Waals surface area contributed by atoms with Gasteiger partial charge in [-0.2, -0.15) is 15.0 Å². The number of aromatic nitrogens is 3. The Labute approximate surface area is 162 Å². The average Bonchev–Trinajstić information content (AvgIpc) is 2.68. The average molecular weight is 379 g/mol. The number of anilines is 3. The van der Waals surface area contributed by atoms with Gasteiger partial charge >= 0.3 is 5.97 Å². The van der Waals surface area contributed by atoms with Crippen molar-refractivity contribution in [1.82, 2.24) is 15.0 Å². The van der Waals surface area contributed by atoms with Gasteiger partial charge < -0.3 is 20.5 Å². The minimum Gasteiger partial charge on any atom is -0.494 e. The zero-order valence-corrected chi connectivity index (χ0v) is 15.7. The standard InChI is InChI=1S/C20H21N5O3/c1-3-27-16-10-6-14(7-11-16)18(26)28-12-17-23-19(21)25-20(24-17)22-15-8-4-13(2)5-9-15/h4-11H,3,12H2,1-2H3,(H3,21,22,23,24,25). The fourth-order valence-electron chi connectivity index (χ4n) is 2.39. The molecule has 8 heteroatoms. The maximum atomic E-state index is 12.2. The monoisotopic (exact) mass is 379 g/mol. The summed E-state index contributed by atoms with van der Waals surface area (Å²) in [5, 5.41) is 3.05. The molecule has 1 heterocycles. The first kappa shape index (κ1) is 19.1. The number of hydrogen-bond acceptors (Lipinski definition) is 8. The number of ether oxygens (including phenoxy) is 2. The van der Waals surface area contributed by atoms with E-state index in [-0.39, 0.29) is 24.3 Å². The van der Waals surface area contributed by atoms with Gasteiger partial charge in [0.25, 0.3) is 0 Å². The minimum absolute atomic E-state index is 0.0386. The first-order valence-electron chi connectivity index (χ1n) is 8.77. The summed E-state index contributed by atoms with van der Waals surface area (Å²) in [4.78, 5) is 24.5. The second-order valence-corrected chi connectivity index (χ2v) is 5.96. The van der Waals surface area contributed by atoms with E-state index in [4.69, 9.17) is 15.2 Å². The van der Waals surface area contributed by atoms with Crippen LogP contribution in [0.5, 0.6) is 5.75 Å². The summed E-state index contributed by atoms with van der Waals surface area (Å²) >= 11 is 0. The number of esters is 1. The lowest BCUT2D eigenvalue weighted by atomic mass is 10.2. The smallest absolute Gasteiger partial charge is 0.338 e. The van der Waals surface area contributed by atoms with Crippen LogP contribution in [0.1, 0.15) is 28.7 Å². The van der Waals surface area contributed by atoms with Crippen LogP contribution in [0.25, 0.3) is 0 Å². The van der Waals surface area contributed by atoms with Crippen LogP contribution in [0, 0.1) is 6.92 Å². The molecule has 0 aliphatic carbocycles. The van der Waals surface area contributed by atoms with Gasteiger partial charge in [0.05, 0.1) is 12.2 Å². The number of hydrogen-bond donors (Lipinski definition) is 2. The number of nitrogens with one attached hydrogen (secondary N) is 1. The predicted molar refractivity (Wildman–Crippen MR) is 105 cm³/mol. The van der Waals surface area contributed by atoms with Gasteiger partial charge in [0.1, 0.15) is 5.75 Å². The van der Waals surface area contributed by atoms with E-state index in [1.165, 1.54) is 0 Å². The molecule has 0 aliphatic rings. The molecule has 1 aromatic heterocycles. The summed E-state index contributed by atoms with van der Waals surface area (Å²) in [5.41, 5.74) is 8.10. The first-order valence-corrected chi connectivity index (χ1v) is 8.77. The van der Waals surface area contributed by atoms with Crippen molar-refractivity contribution in [3.8, 4) is 5.75 Å². The molecule has 0 aliphatic heterocycles. The zero-order valence-electron chi connectivity index (χ0n) is 15.7. The van der Waals surface area contributed by atoms with Crippen LogP contribution < -0.4 is 15.8 Å². The quantitative estimate of drug-likeness (QED) is 0.602. The van der Waals surface area contributed by atoms with Gasteiger partial charge in [-0.3, -0.25) is 0 Å². The van der Waals surface area contributed by atoms with E-state index in [0.717, 1.165) is 11.3 Å². The molecule has 0 fully saturated rings. The van der Waals surface area contributed by atoms with Crippen LogP contribution in [0.4, 0.5) is 17.6 Å². The predicted octanol–water partition coefficient (Wildman–Crippen LogP) is 3.26. The SMILES string of the molecule is CCOc1ccc(C(=O)OCc2nc(N)nc(Nc3ccc(C)cc3)n2)cc1. The molecule has 0 saturated heterocycles. The van der Waals surface area contributed by atoms with Gasteiger partial charge in [0.15, 0.2) is 12.4 Å². The van der Waals surface area contributed by atoms with Gasteiger partial charge in [0, 0.05) is 5.69 Å². The highest BCUT2D eigenvalue weighted by molar-refractivity contribution is 5.89. The summed E-state index contributed by atoms with van der Waals surface area (Å²) in [6.45, 7) is 4.33. The number of nitrogen functional groups attached to an aromatic ring is 1. The van der Waals surface area contributed by atoms with Crippen molar-refractivity contribution in [1.29, 1.82) is 0 Å². The van der Waals surface area contributed by atoms with Crippen molar-refractivity contribution < 1.29 is 14.3 Å². The van der Waals surface area contributed by atoms with Gasteiger partial charge in [-0.25, -0.2) is 4.79 Å². The topological polar surface area (TPSA) is 112 Å². The third-order valence-corrected chi connectivity index (χ3v) is 3.74. The van der Waals surface area contributed by atoms with E-state index in [2.05, 4.69) is 20.3 Å². The van der Waals surface area contributed by atoms with E-state index < -0.39 is 5.97 Å². The van der Waals surface area contributed by atoms with Crippen LogP contribution in [0.2, 0.25) is 0 Å². The lowest BCUT2D eigenvalue weighted by Gasteiger charge is -2.09. The van der Waals surface area contributed by atoms with Crippen LogP contribution in [0.15, 0.2) is 48.5 Å². The number of nitrogens with zero attached hydrogens (tertiary/aromatic N) is 3. The fourth-order valence-corrected chi connectivity index (χ4v) is 2.39. The Balaban J connectivity index is 1.64. The molecule has 0 spiro atoms. The molecule has 2 aromatic carbocycles. The highest BCUT2D eigenvalue weighted by Gasteiger charge is 2.11. The molecule has 3 N–H and O–H groups in total. The Bertz CT molecular complexity index is 943. The second-order valence-electron chi connectivity index (χ2n) is 5.96. The normalized spacial score (nSPS) is 10.4. The molecule has 0 unspecified atom stereocenters. The Morgan fingerprint density at radius 3 is 2.43 bits per heavy atom. The molecular formula is C20H21N5O3. The molecule has 0 atom stereocenters. The van der Waals surface area contributed by atoms with E-state index in [0.29, 0.717) is 17.9 Å². The third-order valence-electron chi connectivity index (χ3n) is 3.74. The van der Waals surface area contributed by atoms with Gasteiger partial charge in [-0.05, 0) is 50.2 Å². The maximum absolute atomic E-state index is 12.2. The number of nitrogens with two attached hydrogens (primary N) is 1. The third kappa shape index (κ3) is 5.16. The van der Waals surface area contributed by atoms with Crippen molar-refractivity contribution in [3.63, 3.8) is 0 Å². The molecule has 8 nitrogen and oxygen atoms in total. The van der Waals surface area contributed by atoms with Gasteiger partial charge in [-0.15, -0.1) is 0 Å². The fraction of sp³-hybridized carbons (Fsp3) is 0.200. The summed E-state index contributed by atoms with van der Waals surface area (Å²) < 4.78 is 10.6. The molecule has 3 rings (SSSR count). The van der Waals surface area contributed by atoms with E-state index >= 15 is 0 Å². The van der Waals surface area contributed by atoms with Crippen molar-refractivity contribution >= 4 is 23.6 Å². The van der Waals surface area contributed by atoms with E-state index in [9.17, 15) is 4.79 Å². The molecule has 144 valence electrons. The summed E-state index contributed by atoms with van der Waals surface area (Å²) in [6, 6.07) is 14.4. The number of aryl methyl sites for hydroxylation is 1. The van der Waals surface area contributed by atoms with E-state index in [1.54, 1.807) is 24.3 Å². The van der Waals surface area contributed by atoms with Crippen LogP contribution in [0.3, 0.4) is 0 Å². The lowest BCUT2D eigenvalue weighted by Crippen LogP contribution is -2.11. The van der Waals surface area contributed by atoms with Gasteiger partial charge in [0.2, 0.25) is 11.9 Å². The zero-order chi connectivity index (χ0) is 19.9. The highest BCUT2D eigenvalue weighted by Crippen LogP contribution is 2.16. The van der Waals surface area contributed by atoms with Crippen LogP contribution >= 0.6 is 0 Å². The second kappa shape index (κ2) is 8.81. The lowest BCUT2D eigenvalue weighted by molar-refractivity contribution is 0.0462. The van der Waals surface area contributed by atoms with Crippen LogP contribution in [-0.2, 0) is 11.3 Å². The molecular weight excluding hydrogens is 358 g/mol. The Kier molecular flexibility index (Phi) is 6.01. The summed E-state index contributed by atoms with van der Waals surface area (Å²) in [5.74, 6) is 0.771. The number of carbonyl (C=O) groups excluding carboxylic acids is 1. The van der Waals surface area contributed by atoms with Crippen LogP contribution in [-0.4, -0.2) is 27.5 Å². The highest BCUT2D eigenvalue weighted by atomic mass is 16.5. The largest absolute Gasteiger partial charge is 0.494 e. The maximum Gasteiger partial charge on any atom is 0.338 e. The first-order chi connectivity index (χ1) is 13.5. The van der Waals surface area contributed by atoms with Crippen molar-refractivity contribution in [2.45, 2.75) is 20.5 Å². The van der Waals surface area contributed by atoms with Crippen molar-refractivity contribution in [3.05, 3.63) is 65.5 Å². The Hall–Kier alpha value is -3.68.